The minimum Gasteiger partial charge on any atom is -0.493 e. The van der Waals surface area contributed by atoms with E-state index in [0.717, 1.165) is 39.1 Å². The van der Waals surface area contributed by atoms with Crippen molar-refractivity contribution in [3.05, 3.63) is 17.7 Å². The highest BCUT2D eigenvalue weighted by atomic mass is 16.5. The molecule has 0 spiro atoms. The van der Waals surface area contributed by atoms with E-state index in [9.17, 15) is 9.59 Å². The second kappa shape index (κ2) is 10.7. The van der Waals surface area contributed by atoms with E-state index in [1.165, 1.54) is 33.5 Å². The molecule has 2 amide bonds. The molecule has 2 fully saturated rings. The highest BCUT2D eigenvalue weighted by molar-refractivity contribution is 5.95. The van der Waals surface area contributed by atoms with Crippen LogP contribution in [-0.2, 0) is 9.53 Å². The predicted octanol–water partition coefficient (Wildman–Crippen LogP) is 1.33. The Kier molecular flexibility index (Phi) is 7.97. The Morgan fingerprint density at radius 1 is 1.10 bits per heavy atom. The molecule has 1 heterocycles. The van der Waals surface area contributed by atoms with Gasteiger partial charge in [-0.2, -0.15) is 0 Å². The minimum atomic E-state index is -0.619. The molecule has 0 unspecified atom stereocenters. The first-order valence-electron chi connectivity index (χ1n) is 10.8. The van der Waals surface area contributed by atoms with Crippen LogP contribution in [0.1, 0.15) is 42.5 Å². The van der Waals surface area contributed by atoms with Gasteiger partial charge in [-0.05, 0) is 25.0 Å². The number of hydrogen-bond donors (Lipinski definition) is 2. The minimum absolute atomic E-state index is 0.0313. The molecule has 3 rings (SSSR count). The summed E-state index contributed by atoms with van der Waals surface area (Å²) in [5, 5.41) is 3.13. The van der Waals surface area contributed by atoms with Gasteiger partial charge in [0, 0.05) is 30.7 Å². The quantitative estimate of drug-likeness (QED) is 0.602. The Bertz CT molecular complexity index is 748. The summed E-state index contributed by atoms with van der Waals surface area (Å²) in [6, 6.07) is 3.16. The molecule has 0 atom stereocenters. The normalized spacial score (nSPS) is 18.8. The average molecular weight is 436 g/mol. The predicted molar refractivity (Wildman–Crippen MR) is 115 cm³/mol. The molecule has 9 heteroatoms. The van der Waals surface area contributed by atoms with Gasteiger partial charge in [0.15, 0.2) is 18.1 Å². The Morgan fingerprint density at radius 3 is 2.26 bits per heavy atom. The molecule has 0 radical (unpaired) electrons. The maximum atomic E-state index is 13.0. The van der Waals surface area contributed by atoms with Crippen molar-refractivity contribution in [3.8, 4) is 17.2 Å². The van der Waals surface area contributed by atoms with Crippen LogP contribution in [0.4, 0.5) is 0 Å². The van der Waals surface area contributed by atoms with Gasteiger partial charge in [-0.15, -0.1) is 0 Å². The molecule has 1 aromatic rings. The summed E-state index contributed by atoms with van der Waals surface area (Å²) in [5.41, 5.74) is 5.53. The van der Waals surface area contributed by atoms with E-state index in [1.807, 2.05) is 0 Å². The van der Waals surface area contributed by atoms with Gasteiger partial charge < -0.3 is 30.0 Å². The fourth-order valence-corrected chi connectivity index (χ4v) is 4.50. The number of nitrogens with zero attached hydrogens (tertiary/aromatic N) is 1. The molecule has 0 bridgehead atoms. The van der Waals surface area contributed by atoms with Gasteiger partial charge in [0.25, 0.3) is 11.8 Å². The fourth-order valence-electron chi connectivity index (χ4n) is 4.50. The average Bonchev–Trinajstić information content (AvgIpc) is 2.81. The van der Waals surface area contributed by atoms with E-state index in [0.29, 0.717) is 23.6 Å². The third-order valence-electron chi connectivity index (χ3n) is 6.13. The van der Waals surface area contributed by atoms with Crippen molar-refractivity contribution in [1.29, 1.82) is 0 Å². The molecule has 1 saturated carbocycles. The van der Waals surface area contributed by atoms with E-state index in [-0.39, 0.29) is 23.8 Å². The molecule has 3 N–H and O–H groups in total. The Hall–Kier alpha value is -2.52. The molecular weight excluding hydrogens is 402 g/mol. The largest absolute Gasteiger partial charge is 0.493 e. The smallest absolute Gasteiger partial charge is 0.255 e. The summed E-state index contributed by atoms with van der Waals surface area (Å²) in [6.07, 6.45) is 5.71. The van der Waals surface area contributed by atoms with Gasteiger partial charge in [-0.3, -0.25) is 14.5 Å². The first-order chi connectivity index (χ1) is 15.0. The number of morpholine rings is 1. The fraction of sp³-hybridized carbons (Fsp3) is 0.636. The lowest BCUT2D eigenvalue weighted by Crippen LogP contribution is -2.59. The van der Waals surface area contributed by atoms with E-state index in [1.54, 1.807) is 12.1 Å². The molecule has 0 aromatic heterocycles. The van der Waals surface area contributed by atoms with Crippen molar-refractivity contribution >= 4 is 11.8 Å². The first-order valence-corrected chi connectivity index (χ1v) is 10.8. The third kappa shape index (κ3) is 5.59. The van der Waals surface area contributed by atoms with E-state index >= 15 is 0 Å². The Morgan fingerprint density at radius 2 is 1.71 bits per heavy atom. The van der Waals surface area contributed by atoms with Gasteiger partial charge >= 0.3 is 0 Å². The number of carbonyl (C=O) groups is 2. The van der Waals surface area contributed by atoms with Gasteiger partial charge in [-0.1, -0.05) is 19.3 Å². The molecular formula is C22H33N3O6. The molecule has 1 aliphatic carbocycles. The molecule has 2 aliphatic rings. The second-order valence-electron chi connectivity index (χ2n) is 8.03. The van der Waals surface area contributed by atoms with Crippen molar-refractivity contribution in [2.75, 3.05) is 53.7 Å². The molecule has 31 heavy (non-hydrogen) atoms. The van der Waals surface area contributed by atoms with Gasteiger partial charge in [0.1, 0.15) is 0 Å². The van der Waals surface area contributed by atoms with Crippen LogP contribution in [0.3, 0.4) is 0 Å². The van der Waals surface area contributed by atoms with Crippen LogP contribution in [0, 0.1) is 0 Å². The van der Waals surface area contributed by atoms with Crippen molar-refractivity contribution in [2.24, 2.45) is 5.73 Å². The topological polar surface area (TPSA) is 112 Å². The number of methoxy groups -OCH3 is 2. The lowest BCUT2D eigenvalue weighted by atomic mass is 9.79. The highest BCUT2D eigenvalue weighted by Gasteiger charge is 2.39. The van der Waals surface area contributed by atoms with Gasteiger partial charge in [-0.25, -0.2) is 0 Å². The van der Waals surface area contributed by atoms with Crippen LogP contribution >= 0.6 is 0 Å². The summed E-state index contributed by atoms with van der Waals surface area (Å²) >= 11 is 0. The number of rotatable bonds is 9. The summed E-state index contributed by atoms with van der Waals surface area (Å²) in [5.74, 6) is -0.00175. The van der Waals surface area contributed by atoms with Crippen LogP contribution in [0.25, 0.3) is 0 Å². The van der Waals surface area contributed by atoms with Crippen molar-refractivity contribution in [1.82, 2.24) is 10.2 Å². The van der Waals surface area contributed by atoms with E-state index in [4.69, 9.17) is 24.7 Å². The number of hydrogen-bond acceptors (Lipinski definition) is 7. The monoisotopic (exact) mass is 435 g/mol. The van der Waals surface area contributed by atoms with Crippen LogP contribution in [0.5, 0.6) is 17.2 Å². The lowest BCUT2D eigenvalue weighted by molar-refractivity contribution is -0.120. The number of nitrogens with two attached hydrogens (primary N) is 1. The van der Waals surface area contributed by atoms with Crippen molar-refractivity contribution in [3.63, 3.8) is 0 Å². The van der Waals surface area contributed by atoms with Crippen LogP contribution in [-0.4, -0.2) is 75.9 Å². The number of amides is 2. The van der Waals surface area contributed by atoms with Gasteiger partial charge in [0.2, 0.25) is 5.75 Å². The van der Waals surface area contributed by atoms with Crippen molar-refractivity contribution < 1.29 is 28.5 Å². The number of carbonyl (C=O) groups excluding carboxylic acids is 2. The molecule has 1 aromatic carbocycles. The number of ether oxygens (including phenoxy) is 4. The van der Waals surface area contributed by atoms with Crippen molar-refractivity contribution in [2.45, 2.75) is 37.6 Å². The second-order valence-corrected chi connectivity index (χ2v) is 8.03. The Balaban J connectivity index is 1.76. The summed E-state index contributed by atoms with van der Waals surface area (Å²) < 4.78 is 21.7. The van der Waals surface area contributed by atoms with Gasteiger partial charge in [0.05, 0.1) is 27.4 Å². The van der Waals surface area contributed by atoms with Crippen LogP contribution in [0.15, 0.2) is 12.1 Å². The Labute approximate surface area is 183 Å². The van der Waals surface area contributed by atoms with E-state index < -0.39 is 5.91 Å². The zero-order chi connectivity index (χ0) is 22.3. The summed E-state index contributed by atoms with van der Waals surface area (Å²) in [6.45, 7) is 3.51. The number of benzene rings is 1. The lowest BCUT2D eigenvalue weighted by Gasteiger charge is -2.48. The number of nitrogens with one attached hydrogen (secondary N) is 1. The third-order valence-corrected chi connectivity index (χ3v) is 6.13. The summed E-state index contributed by atoms with van der Waals surface area (Å²) in [7, 11) is 2.92. The standard InChI is InChI=1S/C22H33N3O6/c1-28-17-12-16(13-18(29-2)20(17)31-14-19(23)26)21(27)24-15-22(6-4-3-5-7-22)25-8-10-30-11-9-25/h12-13H,3-11,14-15H2,1-2H3,(H2,23,26)(H,24,27). The maximum absolute atomic E-state index is 13.0. The molecule has 1 aliphatic heterocycles. The highest BCUT2D eigenvalue weighted by Crippen LogP contribution is 2.39. The molecule has 9 nitrogen and oxygen atoms in total. The zero-order valence-electron chi connectivity index (χ0n) is 18.4. The molecule has 172 valence electrons. The molecule has 1 saturated heterocycles. The van der Waals surface area contributed by atoms with Crippen LogP contribution in [0.2, 0.25) is 0 Å². The maximum Gasteiger partial charge on any atom is 0.255 e. The summed E-state index contributed by atoms with van der Waals surface area (Å²) in [4.78, 5) is 26.6. The van der Waals surface area contributed by atoms with E-state index in [2.05, 4.69) is 10.2 Å². The zero-order valence-corrected chi connectivity index (χ0v) is 18.4. The number of primary amides is 1. The SMILES string of the molecule is COc1cc(C(=O)NCC2(N3CCOCC3)CCCCC2)cc(OC)c1OCC(N)=O. The van der Waals surface area contributed by atoms with Crippen LogP contribution < -0.4 is 25.3 Å². The first kappa shape index (κ1) is 23.1.